The van der Waals surface area contributed by atoms with Crippen molar-refractivity contribution in [2.45, 2.75) is 33.7 Å². The Hall–Kier alpha value is -1.59. The Labute approximate surface area is 109 Å². The monoisotopic (exact) mass is 252 g/mol. The second-order valence-electron chi connectivity index (χ2n) is 5.66. The molecule has 1 rings (SSSR count). The average molecular weight is 252 g/mol. The van der Waals surface area contributed by atoms with E-state index in [0.717, 1.165) is 0 Å². The fourth-order valence-corrected chi connectivity index (χ4v) is 1.15. The molecule has 1 aromatic heterocycles. The fourth-order valence-electron chi connectivity index (χ4n) is 1.15. The number of nitrogens with zero attached hydrogens (tertiary/aromatic N) is 4. The van der Waals surface area contributed by atoms with Gasteiger partial charge in [0.2, 0.25) is 17.8 Å². The predicted octanol–water partition coefficient (Wildman–Crippen LogP) is 1.83. The van der Waals surface area contributed by atoms with E-state index in [1.54, 1.807) is 7.05 Å². The third-order valence-electron chi connectivity index (χ3n) is 2.89. The van der Waals surface area contributed by atoms with Gasteiger partial charge in [-0.2, -0.15) is 15.0 Å². The lowest BCUT2D eigenvalue weighted by Gasteiger charge is -2.28. The molecular weight excluding hydrogens is 228 g/mol. The Morgan fingerprint density at radius 2 is 1.61 bits per heavy atom. The van der Waals surface area contributed by atoms with E-state index in [1.807, 2.05) is 19.0 Å². The van der Waals surface area contributed by atoms with E-state index >= 15 is 0 Å². The van der Waals surface area contributed by atoms with Gasteiger partial charge in [0.05, 0.1) is 0 Å². The van der Waals surface area contributed by atoms with Crippen molar-refractivity contribution in [3.8, 4) is 0 Å². The number of nitrogens with one attached hydrogen (secondary N) is 2. The number of aromatic nitrogens is 3. The summed E-state index contributed by atoms with van der Waals surface area (Å²) in [5, 5.41) is 6.27. The molecule has 102 valence electrons. The molecule has 0 aliphatic heterocycles. The highest BCUT2D eigenvalue weighted by atomic mass is 15.3. The lowest BCUT2D eigenvalue weighted by molar-refractivity contribution is 0.358. The molecule has 0 aromatic carbocycles. The minimum Gasteiger partial charge on any atom is -0.357 e. The van der Waals surface area contributed by atoms with Gasteiger partial charge in [0.1, 0.15) is 0 Å². The quantitative estimate of drug-likeness (QED) is 0.852. The molecule has 0 radical (unpaired) electrons. The van der Waals surface area contributed by atoms with Crippen molar-refractivity contribution in [2.24, 2.45) is 5.41 Å². The van der Waals surface area contributed by atoms with Crippen LogP contribution in [0.3, 0.4) is 0 Å². The summed E-state index contributed by atoms with van der Waals surface area (Å²) in [6.45, 7) is 8.66. The molecule has 0 bridgehead atoms. The van der Waals surface area contributed by atoms with Crippen LogP contribution in [0.1, 0.15) is 27.7 Å². The maximum absolute atomic E-state index is 4.39. The molecule has 6 nitrogen and oxygen atoms in total. The van der Waals surface area contributed by atoms with Crippen LogP contribution in [0.4, 0.5) is 17.8 Å². The fraction of sp³-hybridized carbons (Fsp3) is 0.750. The summed E-state index contributed by atoms with van der Waals surface area (Å²) >= 11 is 0. The van der Waals surface area contributed by atoms with E-state index in [-0.39, 0.29) is 11.5 Å². The lowest BCUT2D eigenvalue weighted by Crippen LogP contribution is -2.32. The van der Waals surface area contributed by atoms with E-state index in [1.165, 1.54) is 0 Å². The number of anilines is 3. The van der Waals surface area contributed by atoms with Gasteiger partial charge < -0.3 is 15.5 Å². The summed E-state index contributed by atoms with van der Waals surface area (Å²) in [5.74, 6) is 1.80. The molecule has 0 aliphatic carbocycles. The largest absolute Gasteiger partial charge is 0.357 e. The summed E-state index contributed by atoms with van der Waals surface area (Å²) < 4.78 is 0. The summed E-state index contributed by atoms with van der Waals surface area (Å²) in [6.07, 6.45) is 0. The Morgan fingerprint density at radius 1 is 1.06 bits per heavy atom. The second-order valence-corrected chi connectivity index (χ2v) is 5.66. The van der Waals surface area contributed by atoms with Crippen LogP contribution in [-0.2, 0) is 0 Å². The van der Waals surface area contributed by atoms with Crippen LogP contribution in [-0.4, -0.2) is 42.1 Å². The third kappa shape index (κ3) is 3.72. The van der Waals surface area contributed by atoms with Gasteiger partial charge in [-0.1, -0.05) is 20.8 Å². The van der Waals surface area contributed by atoms with Crippen LogP contribution >= 0.6 is 0 Å². The first kappa shape index (κ1) is 14.5. The highest BCUT2D eigenvalue weighted by Crippen LogP contribution is 2.22. The first-order valence-electron chi connectivity index (χ1n) is 6.11. The van der Waals surface area contributed by atoms with Crippen LogP contribution in [0.2, 0.25) is 0 Å². The maximum Gasteiger partial charge on any atom is 0.231 e. The topological polar surface area (TPSA) is 66.0 Å². The molecule has 0 fully saturated rings. The molecule has 1 heterocycles. The number of hydrogen-bond acceptors (Lipinski definition) is 6. The Morgan fingerprint density at radius 3 is 2.06 bits per heavy atom. The zero-order valence-electron chi connectivity index (χ0n) is 12.4. The van der Waals surface area contributed by atoms with E-state index in [4.69, 9.17) is 0 Å². The van der Waals surface area contributed by atoms with Crippen LogP contribution in [0.15, 0.2) is 0 Å². The highest BCUT2D eigenvalue weighted by Gasteiger charge is 2.21. The summed E-state index contributed by atoms with van der Waals surface area (Å²) in [5.41, 5.74) is 0.144. The SMILES string of the molecule is CNc1nc(NC(C)C(C)(C)C)nc(N(C)C)n1. The summed E-state index contributed by atoms with van der Waals surface area (Å²) in [6, 6.07) is 0.264. The second kappa shape index (κ2) is 5.37. The van der Waals surface area contributed by atoms with Crippen molar-refractivity contribution >= 4 is 17.8 Å². The van der Waals surface area contributed by atoms with Gasteiger partial charge >= 0.3 is 0 Å². The lowest BCUT2D eigenvalue weighted by atomic mass is 9.88. The zero-order chi connectivity index (χ0) is 13.9. The third-order valence-corrected chi connectivity index (χ3v) is 2.89. The predicted molar refractivity (Wildman–Crippen MR) is 76.2 cm³/mol. The van der Waals surface area contributed by atoms with Gasteiger partial charge in [-0.05, 0) is 12.3 Å². The molecule has 2 N–H and O–H groups in total. The molecule has 0 spiro atoms. The van der Waals surface area contributed by atoms with Crippen molar-refractivity contribution in [1.82, 2.24) is 15.0 Å². The Kier molecular flexibility index (Phi) is 4.32. The van der Waals surface area contributed by atoms with Crippen molar-refractivity contribution in [2.75, 3.05) is 36.7 Å². The normalized spacial score (nSPS) is 13.1. The van der Waals surface area contributed by atoms with Gasteiger partial charge in [0.25, 0.3) is 0 Å². The van der Waals surface area contributed by atoms with E-state index < -0.39 is 0 Å². The van der Waals surface area contributed by atoms with Gasteiger partial charge in [-0.15, -0.1) is 0 Å². The van der Waals surface area contributed by atoms with Crippen molar-refractivity contribution in [3.63, 3.8) is 0 Å². The Bertz CT molecular complexity index is 396. The van der Waals surface area contributed by atoms with E-state index in [2.05, 4.69) is 53.3 Å². The van der Waals surface area contributed by atoms with Crippen LogP contribution in [0.5, 0.6) is 0 Å². The molecule has 1 unspecified atom stereocenters. The standard InChI is InChI=1S/C12H24N6/c1-8(12(2,3)4)14-10-15-9(13-5)16-11(17-10)18(6)7/h8H,1-7H3,(H2,13,14,15,16,17). The number of hydrogen-bond donors (Lipinski definition) is 2. The first-order chi connectivity index (χ1) is 8.24. The molecule has 6 heteroatoms. The molecule has 0 amide bonds. The highest BCUT2D eigenvalue weighted by molar-refractivity contribution is 5.43. The summed E-state index contributed by atoms with van der Waals surface area (Å²) in [4.78, 5) is 14.8. The van der Waals surface area contributed by atoms with Gasteiger partial charge in [-0.25, -0.2) is 0 Å². The molecular formula is C12H24N6. The van der Waals surface area contributed by atoms with Crippen molar-refractivity contribution in [1.29, 1.82) is 0 Å². The zero-order valence-corrected chi connectivity index (χ0v) is 12.4. The molecule has 1 aromatic rings. The van der Waals surface area contributed by atoms with E-state index in [0.29, 0.717) is 17.8 Å². The molecule has 0 saturated heterocycles. The van der Waals surface area contributed by atoms with Crippen molar-refractivity contribution in [3.05, 3.63) is 0 Å². The maximum atomic E-state index is 4.39. The van der Waals surface area contributed by atoms with E-state index in [9.17, 15) is 0 Å². The summed E-state index contributed by atoms with van der Waals surface area (Å²) in [7, 11) is 5.61. The van der Waals surface area contributed by atoms with Crippen molar-refractivity contribution < 1.29 is 0 Å². The van der Waals surface area contributed by atoms with Gasteiger partial charge in [0, 0.05) is 27.2 Å². The van der Waals surface area contributed by atoms with Gasteiger partial charge in [-0.3, -0.25) is 0 Å². The minimum atomic E-state index is 0.144. The van der Waals surface area contributed by atoms with Crippen LogP contribution < -0.4 is 15.5 Å². The smallest absolute Gasteiger partial charge is 0.231 e. The van der Waals surface area contributed by atoms with Gasteiger partial charge in [0.15, 0.2) is 0 Å². The van der Waals surface area contributed by atoms with Crippen LogP contribution in [0, 0.1) is 5.41 Å². The molecule has 0 aliphatic rings. The Balaban J connectivity index is 2.98. The molecule has 0 saturated carbocycles. The van der Waals surface area contributed by atoms with Crippen LogP contribution in [0.25, 0.3) is 0 Å². The molecule has 1 atom stereocenters. The first-order valence-corrected chi connectivity index (χ1v) is 6.11. The minimum absolute atomic E-state index is 0.144. The average Bonchev–Trinajstić information content (AvgIpc) is 2.27. The number of rotatable bonds is 4. The molecule has 18 heavy (non-hydrogen) atoms.